The summed E-state index contributed by atoms with van der Waals surface area (Å²) in [6.45, 7) is 0. The van der Waals surface area contributed by atoms with Crippen LogP contribution in [-0.2, 0) is 14.8 Å². The van der Waals surface area contributed by atoms with Crippen molar-refractivity contribution >= 4 is 31.9 Å². The Balaban J connectivity index is 2.32. The lowest BCUT2D eigenvalue weighted by atomic mass is 9.78. The lowest BCUT2D eigenvalue weighted by molar-refractivity contribution is -0.147. The molecule has 0 radical (unpaired) electrons. The van der Waals surface area contributed by atoms with Crippen molar-refractivity contribution in [2.24, 2.45) is 0 Å². The van der Waals surface area contributed by atoms with Crippen LogP contribution in [0.4, 0.5) is 4.39 Å². The van der Waals surface area contributed by atoms with Gasteiger partial charge in [-0.3, -0.25) is 4.79 Å². The molecule has 0 spiro atoms. The fraction of sp³-hybridized carbons (Fsp3) is 0.364. The number of aliphatic carboxylic acids is 1. The van der Waals surface area contributed by atoms with Crippen LogP contribution in [0.25, 0.3) is 0 Å². The highest BCUT2D eigenvalue weighted by atomic mass is 79.9. The van der Waals surface area contributed by atoms with Gasteiger partial charge >= 0.3 is 5.97 Å². The lowest BCUT2D eigenvalue weighted by Crippen LogP contribution is -2.58. The molecule has 0 unspecified atom stereocenters. The number of nitrogens with one attached hydrogen (secondary N) is 1. The smallest absolute Gasteiger partial charge is 0.324 e. The third-order valence-electron chi connectivity index (χ3n) is 3.15. The molecular weight excluding hydrogens is 341 g/mol. The van der Waals surface area contributed by atoms with Crippen molar-refractivity contribution < 1.29 is 22.7 Å². The van der Waals surface area contributed by atoms with Crippen LogP contribution in [-0.4, -0.2) is 25.0 Å². The molecule has 1 aromatic carbocycles. The molecule has 0 saturated heterocycles. The number of hydrogen-bond acceptors (Lipinski definition) is 3. The number of carbonyl (C=O) groups is 1. The van der Waals surface area contributed by atoms with E-state index in [1.54, 1.807) is 0 Å². The minimum absolute atomic E-state index is 0.142. The molecule has 1 aliphatic carbocycles. The van der Waals surface area contributed by atoms with E-state index in [2.05, 4.69) is 20.7 Å². The van der Waals surface area contributed by atoms with Crippen molar-refractivity contribution in [3.8, 4) is 0 Å². The molecule has 104 valence electrons. The van der Waals surface area contributed by atoms with Gasteiger partial charge in [0.15, 0.2) is 0 Å². The van der Waals surface area contributed by atoms with Crippen LogP contribution in [0.15, 0.2) is 27.6 Å². The minimum atomic E-state index is -4.05. The van der Waals surface area contributed by atoms with Gasteiger partial charge in [-0.25, -0.2) is 12.8 Å². The Morgan fingerprint density at radius 3 is 2.47 bits per heavy atom. The number of carboxylic acids is 1. The number of halogens is 2. The summed E-state index contributed by atoms with van der Waals surface area (Å²) in [4.78, 5) is 10.8. The van der Waals surface area contributed by atoms with Crippen LogP contribution < -0.4 is 4.72 Å². The topological polar surface area (TPSA) is 83.5 Å². The van der Waals surface area contributed by atoms with Crippen LogP contribution >= 0.6 is 15.9 Å². The van der Waals surface area contributed by atoms with Gasteiger partial charge in [-0.05, 0) is 53.4 Å². The highest BCUT2D eigenvalue weighted by molar-refractivity contribution is 9.10. The molecule has 0 atom stereocenters. The van der Waals surface area contributed by atoms with Crippen LogP contribution in [0, 0.1) is 5.82 Å². The Morgan fingerprint density at radius 2 is 2.05 bits per heavy atom. The maximum atomic E-state index is 13.3. The molecule has 0 bridgehead atoms. The molecule has 5 nitrogen and oxygen atoms in total. The summed E-state index contributed by atoms with van der Waals surface area (Å²) in [5.74, 6) is -1.93. The van der Waals surface area contributed by atoms with E-state index in [0.29, 0.717) is 6.42 Å². The van der Waals surface area contributed by atoms with Crippen LogP contribution in [0.2, 0.25) is 0 Å². The summed E-state index contributed by atoms with van der Waals surface area (Å²) in [6.07, 6.45) is 1.12. The summed E-state index contributed by atoms with van der Waals surface area (Å²) in [6, 6.07) is 3.32. The first kappa shape index (κ1) is 14.4. The van der Waals surface area contributed by atoms with Crippen molar-refractivity contribution in [3.63, 3.8) is 0 Å². The van der Waals surface area contributed by atoms with Gasteiger partial charge in [0.1, 0.15) is 11.4 Å². The van der Waals surface area contributed by atoms with Crippen molar-refractivity contribution in [1.29, 1.82) is 0 Å². The van der Waals surface area contributed by atoms with E-state index >= 15 is 0 Å². The van der Waals surface area contributed by atoms with E-state index in [1.165, 1.54) is 12.1 Å². The average Bonchev–Trinajstić information content (AvgIpc) is 2.26. The van der Waals surface area contributed by atoms with Gasteiger partial charge in [0.05, 0.1) is 9.37 Å². The average molecular weight is 352 g/mol. The quantitative estimate of drug-likeness (QED) is 0.867. The van der Waals surface area contributed by atoms with E-state index < -0.39 is 27.3 Å². The molecule has 1 aromatic rings. The summed E-state index contributed by atoms with van der Waals surface area (Å²) in [5, 5.41) is 9.08. The van der Waals surface area contributed by atoms with Crippen LogP contribution in [0.3, 0.4) is 0 Å². The molecular formula is C11H11BrFNO4S. The van der Waals surface area contributed by atoms with Crippen molar-refractivity contribution in [2.45, 2.75) is 29.7 Å². The second-order valence-electron chi connectivity index (χ2n) is 4.42. The first-order valence-electron chi connectivity index (χ1n) is 5.49. The molecule has 0 aliphatic heterocycles. The number of rotatable bonds is 4. The van der Waals surface area contributed by atoms with Gasteiger partial charge in [-0.15, -0.1) is 0 Å². The van der Waals surface area contributed by atoms with Gasteiger partial charge in [0.25, 0.3) is 0 Å². The highest BCUT2D eigenvalue weighted by Gasteiger charge is 2.47. The summed E-state index contributed by atoms with van der Waals surface area (Å²) >= 11 is 2.92. The van der Waals surface area contributed by atoms with E-state index in [1.807, 2.05) is 0 Å². The predicted molar refractivity (Wildman–Crippen MR) is 68.6 cm³/mol. The maximum Gasteiger partial charge on any atom is 0.324 e. The van der Waals surface area contributed by atoms with E-state index in [4.69, 9.17) is 5.11 Å². The molecule has 1 fully saturated rings. The molecule has 8 heteroatoms. The summed E-state index contributed by atoms with van der Waals surface area (Å²) in [7, 11) is -4.05. The van der Waals surface area contributed by atoms with Crippen LogP contribution in [0.5, 0.6) is 0 Å². The van der Waals surface area contributed by atoms with Crippen LogP contribution in [0.1, 0.15) is 19.3 Å². The van der Waals surface area contributed by atoms with E-state index in [-0.39, 0.29) is 22.2 Å². The Labute approximate surface area is 118 Å². The minimum Gasteiger partial charge on any atom is -0.480 e. The van der Waals surface area contributed by atoms with Crippen molar-refractivity contribution in [1.82, 2.24) is 4.72 Å². The monoisotopic (exact) mass is 351 g/mol. The standard InChI is InChI=1S/C11H11BrFNO4S/c12-8-3-2-7(6-9(8)13)19(17,18)14-11(10(15)16)4-1-5-11/h2-3,6,14H,1,4-5H2,(H,15,16). The van der Waals surface area contributed by atoms with E-state index in [9.17, 15) is 17.6 Å². The van der Waals surface area contributed by atoms with Gasteiger partial charge in [-0.1, -0.05) is 0 Å². The zero-order chi connectivity index (χ0) is 14.3. The second-order valence-corrected chi connectivity index (χ2v) is 6.96. The molecule has 19 heavy (non-hydrogen) atoms. The first-order valence-corrected chi connectivity index (χ1v) is 7.77. The van der Waals surface area contributed by atoms with Gasteiger partial charge < -0.3 is 5.11 Å². The molecule has 1 aliphatic rings. The van der Waals surface area contributed by atoms with Gasteiger partial charge in [-0.2, -0.15) is 4.72 Å². The molecule has 0 amide bonds. The molecule has 0 heterocycles. The molecule has 1 saturated carbocycles. The fourth-order valence-corrected chi connectivity index (χ4v) is 3.53. The fourth-order valence-electron chi connectivity index (χ4n) is 1.85. The van der Waals surface area contributed by atoms with E-state index in [0.717, 1.165) is 6.07 Å². The SMILES string of the molecule is O=C(O)C1(NS(=O)(=O)c2ccc(Br)c(F)c2)CCC1. The number of benzene rings is 1. The zero-order valence-electron chi connectivity index (χ0n) is 9.69. The van der Waals surface area contributed by atoms with Crippen molar-refractivity contribution in [2.75, 3.05) is 0 Å². The summed E-state index contributed by atoms with van der Waals surface area (Å²) < 4.78 is 39.7. The summed E-state index contributed by atoms with van der Waals surface area (Å²) in [5.41, 5.74) is -1.46. The zero-order valence-corrected chi connectivity index (χ0v) is 12.1. The number of sulfonamides is 1. The number of carboxylic acid groups (broad SMARTS) is 1. The molecule has 0 aromatic heterocycles. The lowest BCUT2D eigenvalue weighted by Gasteiger charge is -2.37. The van der Waals surface area contributed by atoms with Crippen molar-refractivity contribution in [3.05, 3.63) is 28.5 Å². The molecule has 2 N–H and O–H groups in total. The Kier molecular flexibility index (Phi) is 3.67. The second kappa shape index (κ2) is 4.84. The third-order valence-corrected chi connectivity index (χ3v) is 5.32. The Hall–Kier alpha value is -0.990. The maximum absolute atomic E-state index is 13.3. The highest BCUT2D eigenvalue weighted by Crippen LogP contribution is 2.34. The normalized spacial score (nSPS) is 17.8. The largest absolute Gasteiger partial charge is 0.480 e. The third kappa shape index (κ3) is 2.65. The Bertz CT molecular complexity index is 628. The molecule has 2 rings (SSSR count). The first-order chi connectivity index (χ1) is 8.77. The van der Waals surface area contributed by atoms with Gasteiger partial charge in [0.2, 0.25) is 10.0 Å². The Morgan fingerprint density at radius 1 is 1.42 bits per heavy atom. The number of hydrogen-bond donors (Lipinski definition) is 2. The van der Waals surface area contributed by atoms with Gasteiger partial charge in [0, 0.05) is 0 Å². The predicted octanol–water partition coefficient (Wildman–Crippen LogP) is 1.87.